The van der Waals surface area contributed by atoms with E-state index in [-0.39, 0.29) is 0 Å². The zero-order valence-corrected chi connectivity index (χ0v) is 17.7. The minimum Gasteiger partial charge on any atom is -0.496 e. The lowest BCUT2D eigenvalue weighted by atomic mass is 10.1. The first kappa shape index (κ1) is 20.0. The molecular weight excluding hydrogens is 430 g/mol. The number of fused-ring (bicyclic) bond motifs is 1. The van der Waals surface area contributed by atoms with Crippen LogP contribution in [0.4, 0.5) is 11.5 Å². The van der Waals surface area contributed by atoms with Gasteiger partial charge in [-0.05, 0) is 42.0 Å². The molecule has 3 N–H and O–H groups in total. The first-order valence-electron chi connectivity index (χ1n) is 9.75. The average molecular weight is 448 g/mol. The number of methoxy groups -OCH3 is 1. The van der Waals surface area contributed by atoms with E-state index in [4.69, 9.17) is 21.3 Å². The minimum absolute atomic E-state index is 0.439. The zero-order valence-electron chi connectivity index (χ0n) is 16.9. The molecule has 4 aromatic rings. The van der Waals surface area contributed by atoms with E-state index in [2.05, 4.69) is 25.9 Å². The van der Waals surface area contributed by atoms with Gasteiger partial charge in [-0.3, -0.25) is 9.89 Å². The second kappa shape index (κ2) is 8.29. The number of H-pyrrole nitrogens is 1. The molecule has 2 aromatic carbocycles. The van der Waals surface area contributed by atoms with Gasteiger partial charge in [0.1, 0.15) is 17.7 Å². The summed E-state index contributed by atoms with van der Waals surface area (Å²) >= 11 is 6.60. The van der Waals surface area contributed by atoms with Crippen LogP contribution in [0.25, 0.3) is 10.9 Å². The molecule has 0 fully saturated rings. The number of rotatable bonds is 5. The van der Waals surface area contributed by atoms with Crippen LogP contribution < -0.4 is 20.5 Å². The van der Waals surface area contributed by atoms with E-state index >= 15 is 0 Å². The van der Waals surface area contributed by atoms with Crippen LogP contribution in [0, 0.1) is 0 Å². The molecule has 1 unspecified atom stereocenters. The molecule has 2 aromatic heterocycles. The summed E-state index contributed by atoms with van der Waals surface area (Å²) in [5.74, 6) is 1.64. The Balaban J connectivity index is 1.53. The van der Waals surface area contributed by atoms with Crippen LogP contribution in [-0.4, -0.2) is 34.5 Å². The number of aromatic amines is 1. The smallest absolute Gasteiger partial charge is 0.221 e. The van der Waals surface area contributed by atoms with Gasteiger partial charge in [0.2, 0.25) is 5.96 Å². The number of halogens is 1. The molecule has 1 atom stereocenters. The molecule has 0 aliphatic carbocycles. The van der Waals surface area contributed by atoms with Crippen LogP contribution in [0.1, 0.15) is 22.1 Å². The second-order valence-electron chi connectivity index (χ2n) is 7.01. The third kappa shape index (κ3) is 3.53. The predicted molar refractivity (Wildman–Crippen MR) is 123 cm³/mol. The Morgan fingerprint density at radius 1 is 1.22 bits per heavy atom. The number of benzene rings is 2. The fourth-order valence-electron chi connectivity index (χ4n) is 3.49. The standard InChI is InChI=1S/C22H18ClN7O2/c1-32-18-10-13(5-6-14(18)12-31)21-27-22(30(29-21)19-4-2-3-9-24-19)26-17-8-7-16-15(20(17)23)11-25-28-16/h2-12,21,29H,1H3,(H,25,28)(H,26,27). The molecule has 1 aliphatic heterocycles. The normalized spacial score (nSPS) is 15.6. The SMILES string of the molecule is COc1cc(C2N=C(Nc3ccc4[nH]ncc4c3Cl)N(c3ccccn3)N2)ccc1C=O. The molecule has 0 bridgehead atoms. The number of pyridine rings is 1. The maximum Gasteiger partial charge on any atom is 0.221 e. The molecule has 0 radical (unpaired) electrons. The van der Waals surface area contributed by atoms with Crippen molar-refractivity contribution >= 4 is 46.3 Å². The highest BCUT2D eigenvalue weighted by Crippen LogP contribution is 2.32. The lowest BCUT2D eigenvalue weighted by molar-refractivity contribution is 0.112. The molecule has 0 amide bonds. The fraction of sp³-hybridized carbons (Fsp3) is 0.0909. The number of aliphatic imine (C=N–C) groups is 1. The van der Waals surface area contributed by atoms with Gasteiger partial charge in [0.25, 0.3) is 0 Å². The van der Waals surface area contributed by atoms with E-state index in [9.17, 15) is 4.79 Å². The summed E-state index contributed by atoms with van der Waals surface area (Å²) in [6.07, 6.45) is 3.70. The van der Waals surface area contributed by atoms with Gasteiger partial charge in [-0.1, -0.05) is 23.7 Å². The van der Waals surface area contributed by atoms with Gasteiger partial charge in [-0.2, -0.15) is 10.5 Å². The number of aldehydes is 1. The quantitative estimate of drug-likeness (QED) is 0.398. The average Bonchev–Trinajstić information content (AvgIpc) is 3.49. The van der Waals surface area contributed by atoms with Crippen molar-refractivity contribution in [2.24, 2.45) is 4.99 Å². The van der Waals surface area contributed by atoms with Crippen molar-refractivity contribution in [1.82, 2.24) is 20.6 Å². The van der Waals surface area contributed by atoms with E-state index in [1.165, 1.54) is 7.11 Å². The molecule has 0 spiro atoms. The fourth-order valence-corrected chi connectivity index (χ4v) is 3.75. The molecule has 0 saturated carbocycles. The highest BCUT2D eigenvalue weighted by atomic mass is 35.5. The number of hydrogen-bond acceptors (Lipinski definition) is 8. The number of hydrazine groups is 1. The number of anilines is 2. The van der Waals surface area contributed by atoms with E-state index in [1.807, 2.05) is 36.4 Å². The van der Waals surface area contributed by atoms with Crippen LogP contribution in [0.2, 0.25) is 5.02 Å². The van der Waals surface area contributed by atoms with E-state index in [0.29, 0.717) is 33.8 Å². The Bertz CT molecular complexity index is 1320. The van der Waals surface area contributed by atoms with Crippen molar-refractivity contribution in [2.75, 3.05) is 17.4 Å². The number of guanidine groups is 1. The van der Waals surface area contributed by atoms with Crippen LogP contribution in [0.5, 0.6) is 5.75 Å². The third-order valence-electron chi connectivity index (χ3n) is 5.10. The highest BCUT2D eigenvalue weighted by Gasteiger charge is 2.29. The van der Waals surface area contributed by atoms with Gasteiger partial charge in [0, 0.05) is 11.6 Å². The highest BCUT2D eigenvalue weighted by molar-refractivity contribution is 6.38. The Labute approximate surface area is 188 Å². The zero-order chi connectivity index (χ0) is 22.1. The first-order chi connectivity index (χ1) is 15.7. The lowest BCUT2D eigenvalue weighted by Crippen LogP contribution is -2.42. The van der Waals surface area contributed by atoms with Gasteiger partial charge >= 0.3 is 0 Å². The Morgan fingerprint density at radius 3 is 2.91 bits per heavy atom. The van der Waals surface area contributed by atoms with Gasteiger partial charge in [-0.15, -0.1) is 0 Å². The molecule has 10 heteroatoms. The Morgan fingerprint density at radius 2 is 2.12 bits per heavy atom. The molecule has 32 heavy (non-hydrogen) atoms. The molecule has 1 aliphatic rings. The molecule has 3 heterocycles. The summed E-state index contributed by atoms with van der Waals surface area (Å²) in [5, 5.41) is 13.3. The summed E-state index contributed by atoms with van der Waals surface area (Å²) in [7, 11) is 1.53. The van der Waals surface area contributed by atoms with Gasteiger partial charge < -0.3 is 10.1 Å². The summed E-state index contributed by atoms with van der Waals surface area (Å²) < 4.78 is 5.34. The van der Waals surface area contributed by atoms with E-state index in [1.54, 1.807) is 29.5 Å². The summed E-state index contributed by atoms with van der Waals surface area (Å²) in [4.78, 5) is 20.5. The summed E-state index contributed by atoms with van der Waals surface area (Å²) in [6, 6.07) is 14.7. The van der Waals surface area contributed by atoms with Crippen molar-refractivity contribution in [3.63, 3.8) is 0 Å². The van der Waals surface area contributed by atoms with Crippen LogP contribution >= 0.6 is 11.6 Å². The van der Waals surface area contributed by atoms with Crippen molar-refractivity contribution < 1.29 is 9.53 Å². The van der Waals surface area contributed by atoms with Gasteiger partial charge in [0.15, 0.2) is 6.29 Å². The second-order valence-corrected chi connectivity index (χ2v) is 7.39. The van der Waals surface area contributed by atoms with Crippen molar-refractivity contribution in [3.05, 3.63) is 77.1 Å². The summed E-state index contributed by atoms with van der Waals surface area (Å²) in [5.41, 5.74) is 6.14. The number of aromatic nitrogens is 3. The third-order valence-corrected chi connectivity index (χ3v) is 5.51. The van der Waals surface area contributed by atoms with E-state index < -0.39 is 6.17 Å². The Hall–Kier alpha value is -3.95. The predicted octanol–water partition coefficient (Wildman–Crippen LogP) is 3.92. The maximum atomic E-state index is 11.2. The van der Waals surface area contributed by atoms with Crippen molar-refractivity contribution in [2.45, 2.75) is 6.17 Å². The molecule has 5 rings (SSSR count). The lowest BCUT2D eigenvalue weighted by Gasteiger charge is -2.21. The van der Waals surface area contributed by atoms with Gasteiger partial charge in [-0.25, -0.2) is 15.0 Å². The number of nitrogens with zero attached hydrogens (tertiary/aromatic N) is 4. The van der Waals surface area contributed by atoms with Crippen molar-refractivity contribution in [1.29, 1.82) is 0 Å². The largest absolute Gasteiger partial charge is 0.496 e. The first-order valence-corrected chi connectivity index (χ1v) is 10.1. The van der Waals surface area contributed by atoms with Crippen molar-refractivity contribution in [3.8, 4) is 5.75 Å². The van der Waals surface area contributed by atoms with Crippen LogP contribution in [0.3, 0.4) is 0 Å². The number of carbonyl (C=O) groups excluding carboxylic acids is 1. The molecule has 0 saturated heterocycles. The molecular formula is C22H18ClN7O2. The monoisotopic (exact) mass is 447 g/mol. The number of nitrogens with one attached hydrogen (secondary N) is 3. The van der Waals surface area contributed by atoms with E-state index in [0.717, 1.165) is 22.8 Å². The number of ether oxygens (including phenoxy) is 1. The van der Waals surface area contributed by atoms with Gasteiger partial charge in [0.05, 0.1) is 35.1 Å². The Kier molecular flexibility index (Phi) is 5.18. The topological polar surface area (TPSA) is 108 Å². The molecule has 9 nitrogen and oxygen atoms in total. The minimum atomic E-state index is -0.439. The maximum absolute atomic E-state index is 11.2. The van der Waals surface area contributed by atoms with Crippen LogP contribution in [-0.2, 0) is 0 Å². The summed E-state index contributed by atoms with van der Waals surface area (Å²) in [6.45, 7) is 0. The molecule has 160 valence electrons. The van der Waals surface area contributed by atoms with Crippen LogP contribution in [0.15, 0.2) is 65.9 Å². The number of hydrogen-bond donors (Lipinski definition) is 3. The number of carbonyl (C=O) groups is 1.